The van der Waals surface area contributed by atoms with Crippen LogP contribution >= 0.6 is 31.9 Å². The van der Waals surface area contributed by atoms with E-state index in [1.54, 1.807) is 18.3 Å². The lowest BCUT2D eigenvalue weighted by atomic mass is 10.3. The molecule has 0 spiro atoms. The maximum absolute atomic E-state index is 5.49. The lowest BCUT2D eigenvalue weighted by molar-refractivity contribution is 0.412. The van der Waals surface area contributed by atoms with Crippen molar-refractivity contribution in [1.29, 1.82) is 0 Å². The fourth-order valence-electron chi connectivity index (χ4n) is 1.60. The second kappa shape index (κ2) is 5.47. The number of pyridine rings is 1. The molecule has 0 bridgehead atoms. The first-order valence-corrected chi connectivity index (χ1v) is 7.20. The lowest BCUT2D eigenvalue weighted by Gasteiger charge is -1.97. The molecule has 0 unspecified atom stereocenters. The van der Waals surface area contributed by atoms with E-state index in [0.717, 1.165) is 8.95 Å². The molecule has 6 nitrogen and oxygen atoms in total. The molecule has 3 aromatic heterocycles. The molecule has 0 saturated carbocycles. The smallest absolute Gasteiger partial charge is 0.293 e. The molecular weight excluding hydrogens is 392 g/mol. The number of aromatic nitrogens is 3. The van der Waals surface area contributed by atoms with Crippen LogP contribution in [-0.4, -0.2) is 15.1 Å². The highest BCUT2D eigenvalue weighted by Gasteiger charge is 2.16. The first-order valence-electron chi connectivity index (χ1n) is 5.61. The van der Waals surface area contributed by atoms with Crippen LogP contribution in [0.3, 0.4) is 0 Å². The monoisotopic (exact) mass is 398 g/mol. The van der Waals surface area contributed by atoms with Crippen molar-refractivity contribution in [1.82, 2.24) is 15.1 Å². The van der Waals surface area contributed by atoms with Crippen molar-refractivity contribution in [3.63, 3.8) is 0 Å². The summed E-state index contributed by atoms with van der Waals surface area (Å²) in [6, 6.07) is 5.37. The summed E-state index contributed by atoms with van der Waals surface area (Å²) in [4.78, 5) is 8.52. The third-order valence-corrected chi connectivity index (χ3v) is 3.56. The van der Waals surface area contributed by atoms with Gasteiger partial charge in [-0.05, 0) is 50.1 Å². The molecule has 8 heteroatoms. The largest absolute Gasteiger partial charge is 0.455 e. The van der Waals surface area contributed by atoms with E-state index in [0.29, 0.717) is 29.6 Å². The maximum Gasteiger partial charge on any atom is 0.293 e. The predicted molar refractivity (Wildman–Crippen MR) is 78.5 cm³/mol. The van der Waals surface area contributed by atoms with Crippen LogP contribution in [0.2, 0.25) is 0 Å². The van der Waals surface area contributed by atoms with Crippen molar-refractivity contribution in [2.24, 2.45) is 5.73 Å². The number of hydrogen-bond acceptors (Lipinski definition) is 6. The normalized spacial score (nSPS) is 10.9. The van der Waals surface area contributed by atoms with Crippen molar-refractivity contribution in [3.8, 4) is 23.2 Å². The Bertz CT molecular complexity index is 754. The van der Waals surface area contributed by atoms with E-state index < -0.39 is 0 Å². The average molecular weight is 400 g/mol. The van der Waals surface area contributed by atoms with Crippen LogP contribution in [0.4, 0.5) is 0 Å². The molecular formula is C12H8Br2N4O2. The molecule has 3 aromatic rings. The number of rotatable bonds is 3. The van der Waals surface area contributed by atoms with Gasteiger partial charge in [0.05, 0.1) is 6.54 Å². The van der Waals surface area contributed by atoms with Gasteiger partial charge >= 0.3 is 0 Å². The van der Waals surface area contributed by atoms with Crippen molar-refractivity contribution >= 4 is 31.9 Å². The highest BCUT2D eigenvalue weighted by atomic mass is 79.9. The molecule has 0 fully saturated rings. The molecule has 0 atom stereocenters. The summed E-state index contributed by atoms with van der Waals surface area (Å²) in [5.41, 5.74) is 6.08. The van der Waals surface area contributed by atoms with Crippen LogP contribution in [0.25, 0.3) is 23.2 Å². The van der Waals surface area contributed by atoms with E-state index in [9.17, 15) is 0 Å². The summed E-state index contributed by atoms with van der Waals surface area (Å²) in [7, 11) is 0. The Labute approximate surface area is 130 Å². The van der Waals surface area contributed by atoms with Crippen LogP contribution in [0.15, 0.2) is 42.3 Å². The zero-order valence-corrected chi connectivity index (χ0v) is 13.2. The van der Waals surface area contributed by atoms with Gasteiger partial charge in [0.2, 0.25) is 5.82 Å². The van der Waals surface area contributed by atoms with E-state index in [1.165, 1.54) is 0 Å². The minimum absolute atomic E-state index is 0.288. The lowest BCUT2D eigenvalue weighted by Crippen LogP contribution is -1.92. The van der Waals surface area contributed by atoms with E-state index in [1.807, 2.05) is 6.07 Å². The minimum Gasteiger partial charge on any atom is -0.455 e. The molecule has 102 valence electrons. The topological polar surface area (TPSA) is 91.0 Å². The highest BCUT2D eigenvalue weighted by molar-refractivity contribution is 9.11. The number of nitrogens with zero attached hydrogens (tertiary/aromatic N) is 3. The highest BCUT2D eigenvalue weighted by Crippen LogP contribution is 2.28. The molecule has 3 rings (SSSR count). The van der Waals surface area contributed by atoms with Crippen LogP contribution in [0, 0.1) is 0 Å². The molecule has 0 radical (unpaired) electrons. The quantitative estimate of drug-likeness (QED) is 0.725. The Morgan fingerprint density at radius 1 is 1.25 bits per heavy atom. The zero-order chi connectivity index (χ0) is 14.1. The SMILES string of the molecule is NCc1ccc(-c2nc(-c3ncc(Br)cc3Br)no2)o1. The van der Waals surface area contributed by atoms with Gasteiger partial charge in [-0.25, -0.2) is 0 Å². The molecule has 0 aliphatic heterocycles. The Hall–Kier alpha value is -1.51. The number of furan rings is 1. The fourth-order valence-corrected chi connectivity index (χ4v) is 2.77. The summed E-state index contributed by atoms with van der Waals surface area (Å²) in [6.07, 6.45) is 1.66. The summed E-state index contributed by atoms with van der Waals surface area (Å²) < 4.78 is 12.3. The van der Waals surface area contributed by atoms with Crippen LogP contribution in [0.1, 0.15) is 5.76 Å². The van der Waals surface area contributed by atoms with Gasteiger partial charge in [0, 0.05) is 15.1 Å². The van der Waals surface area contributed by atoms with Crippen molar-refractivity contribution in [3.05, 3.63) is 39.1 Å². The van der Waals surface area contributed by atoms with E-state index in [2.05, 4.69) is 47.0 Å². The van der Waals surface area contributed by atoms with Gasteiger partial charge in [-0.15, -0.1) is 0 Å². The molecule has 0 amide bonds. The van der Waals surface area contributed by atoms with E-state index in [4.69, 9.17) is 14.7 Å². The minimum atomic E-state index is 0.288. The maximum atomic E-state index is 5.49. The third kappa shape index (κ3) is 2.54. The van der Waals surface area contributed by atoms with Crippen molar-refractivity contribution < 1.29 is 8.94 Å². The number of hydrogen-bond donors (Lipinski definition) is 1. The van der Waals surface area contributed by atoms with Crippen LogP contribution < -0.4 is 5.73 Å². The second-order valence-electron chi connectivity index (χ2n) is 3.88. The van der Waals surface area contributed by atoms with Gasteiger partial charge < -0.3 is 14.7 Å². The van der Waals surface area contributed by atoms with Gasteiger partial charge in [0.25, 0.3) is 5.89 Å². The Kier molecular flexibility index (Phi) is 3.68. The molecule has 20 heavy (non-hydrogen) atoms. The second-order valence-corrected chi connectivity index (χ2v) is 5.65. The van der Waals surface area contributed by atoms with Gasteiger partial charge in [-0.2, -0.15) is 4.98 Å². The molecule has 0 aliphatic rings. The Balaban J connectivity index is 1.97. The molecule has 2 N–H and O–H groups in total. The van der Waals surface area contributed by atoms with Crippen molar-refractivity contribution in [2.75, 3.05) is 0 Å². The zero-order valence-electron chi connectivity index (χ0n) is 10.0. The average Bonchev–Trinajstić information content (AvgIpc) is 3.07. The third-order valence-electron chi connectivity index (χ3n) is 2.52. The Morgan fingerprint density at radius 2 is 2.10 bits per heavy atom. The van der Waals surface area contributed by atoms with Crippen molar-refractivity contribution in [2.45, 2.75) is 6.54 Å². The fraction of sp³-hybridized carbons (Fsp3) is 0.0833. The molecule has 0 aliphatic carbocycles. The van der Waals surface area contributed by atoms with Crippen LogP contribution in [-0.2, 0) is 6.54 Å². The van der Waals surface area contributed by atoms with E-state index in [-0.39, 0.29) is 5.89 Å². The van der Waals surface area contributed by atoms with E-state index >= 15 is 0 Å². The summed E-state index contributed by atoms with van der Waals surface area (Å²) in [5.74, 6) is 1.81. The first kappa shape index (κ1) is 13.5. The summed E-state index contributed by atoms with van der Waals surface area (Å²) >= 11 is 6.75. The number of nitrogens with two attached hydrogens (primary N) is 1. The molecule has 0 aromatic carbocycles. The van der Waals surface area contributed by atoms with Gasteiger partial charge in [0.1, 0.15) is 11.5 Å². The van der Waals surface area contributed by atoms with Crippen LogP contribution in [0.5, 0.6) is 0 Å². The van der Waals surface area contributed by atoms with Gasteiger partial charge in [-0.3, -0.25) is 4.98 Å². The van der Waals surface area contributed by atoms with Gasteiger partial charge in [-0.1, -0.05) is 5.16 Å². The standard InChI is InChI=1S/C12H8Br2N4O2/c13-6-3-8(14)10(16-5-6)11-17-12(20-18-11)9-2-1-7(4-15)19-9/h1-3,5H,4,15H2. The molecule has 0 saturated heterocycles. The Morgan fingerprint density at radius 3 is 2.80 bits per heavy atom. The predicted octanol–water partition coefficient (Wildman–Crippen LogP) is 3.38. The molecule has 3 heterocycles. The number of halogens is 2. The summed E-state index contributed by atoms with van der Waals surface area (Å²) in [5, 5.41) is 3.90. The first-order chi connectivity index (χ1) is 9.67. The van der Waals surface area contributed by atoms with Gasteiger partial charge in [0.15, 0.2) is 5.76 Å². The summed E-state index contributed by atoms with van der Waals surface area (Å²) in [6.45, 7) is 0.320.